The Morgan fingerprint density at radius 3 is 2.61 bits per heavy atom. The number of hydrazone groups is 1. The quantitative estimate of drug-likeness (QED) is 0.160. The largest absolute Gasteiger partial charge is 0.505 e. The van der Waals surface area contributed by atoms with Crippen molar-refractivity contribution in [3.8, 4) is 16.9 Å². The van der Waals surface area contributed by atoms with Gasteiger partial charge in [0.25, 0.3) is 5.91 Å². The van der Waals surface area contributed by atoms with Gasteiger partial charge < -0.3 is 20.9 Å². The molecule has 1 unspecified atom stereocenters. The van der Waals surface area contributed by atoms with Crippen LogP contribution < -0.4 is 10.7 Å². The lowest BCUT2D eigenvalue weighted by molar-refractivity contribution is -0.110. The maximum atomic E-state index is 13.0. The van der Waals surface area contributed by atoms with Crippen molar-refractivity contribution in [3.05, 3.63) is 77.4 Å². The topological polar surface area (TPSA) is 135 Å². The van der Waals surface area contributed by atoms with Crippen LogP contribution in [-0.2, 0) is 11.2 Å². The molecule has 0 fully saturated rings. The number of nitrogens with zero attached hydrogens (tertiary/aromatic N) is 1. The van der Waals surface area contributed by atoms with Gasteiger partial charge >= 0.3 is 5.97 Å². The summed E-state index contributed by atoms with van der Waals surface area (Å²) in [7, 11) is 0. The van der Waals surface area contributed by atoms with Gasteiger partial charge in [0.05, 0.1) is 17.0 Å². The van der Waals surface area contributed by atoms with Gasteiger partial charge in [-0.15, -0.1) is 0 Å². The van der Waals surface area contributed by atoms with Crippen molar-refractivity contribution in [2.45, 2.75) is 39.0 Å². The third-order valence-electron chi connectivity index (χ3n) is 6.41. The van der Waals surface area contributed by atoms with Gasteiger partial charge in [0.2, 0.25) is 0 Å². The number of hydrogen-bond acceptors (Lipinski definition) is 6. The lowest BCUT2D eigenvalue weighted by atomic mass is 9.98. The maximum Gasteiger partial charge on any atom is 0.335 e. The van der Waals surface area contributed by atoms with E-state index in [1.54, 1.807) is 30.3 Å². The highest BCUT2D eigenvalue weighted by Crippen LogP contribution is 2.37. The number of amides is 1. The summed E-state index contributed by atoms with van der Waals surface area (Å²) >= 11 is 0. The van der Waals surface area contributed by atoms with Crippen LogP contribution in [0.2, 0.25) is 0 Å². The van der Waals surface area contributed by atoms with Gasteiger partial charge in [-0.25, -0.2) is 4.79 Å². The molecule has 0 spiro atoms. The number of para-hydroxylation sites is 1. The van der Waals surface area contributed by atoms with Crippen molar-refractivity contribution in [2.75, 3.05) is 10.7 Å². The number of anilines is 2. The van der Waals surface area contributed by atoms with Crippen molar-refractivity contribution < 1.29 is 19.8 Å². The Hall–Kier alpha value is -4.46. The molecule has 1 aliphatic rings. The molecule has 1 atom stereocenters. The molecule has 0 bridgehead atoms. The fourth-order valence-electron chi connectivity index (χ4n) is 4.49. The van der Waals surface area contributed by atoms with Crippen LogP contribution in [0.1, 0.15) is 54.1 Å². The monoisotopic (exact) mass is 484 g/mol. The van der Waals surface area contributed by atoms with E-state index in [4.69, 9.17) is 5.41 Å². The standard InChI is InChI=1S/C28H28N4O4/c1-3-17-10-11-18-12-13-21(15-23(17)18)30-27(34)25(16(2)29)32-31-24-9-5-8-22(26(24)33)19-6-4-7-20(14-19)28(35)36/h4-9,12-15,17,29,31,33H,3,10-11H2,1-2H3,(H,30,34)(H,35,36)/b29-16?,32-25-. The summed E-state index contributed by atoms with van der Waals surface area (Å²) in [5.41, 5.74) is 6.96. The molecular weight excluding hydrogens is 456 g/mol. The predicted octanol–water partition coefficient (Wildman–Crippen LogP) is 5.64. The minimum atomic E-state index is -1.07. The third-order valence-corrected chi connectivity index (χ3v) is 6.41. The zero-order valence-electron chi connectivity index (χ0n) is 20.1. The fraction of sp³-hybridized carbons (Fsp3) is 0.214. The summed E-state index contributed by atoms with van der Waals surface area (Å²) in [4.78, 5) is 24.3. The number of carbonyl (C=O) groups is 2. The summed E-state index contributed by atoms with van der Waals surface area (Å²) in [6.07, 6.45) is 3.20. The van der Waals surface area contributed by atoms with E-state index in [9.17, 15) is 19.8 Å². The van der Waals surface area contributed by atoms with E-state index in [1.807, 2.05) is 18.2 Å². The summed E-state index contributed by atoms with van der Waals surface area (Å²) < 4.78 is 0. The van der Waals surface area contributed by atoms with E-state index in [0.717, 1.165) is 19.3 Å². The molecule has 3 aromatic carbocycles. The van der Waals surface area contributed by atoms with Crippen molar-refractivity contribution >= 4 is 34.7 Å². The molecule has 0 saturated heterocycles. The molecule has 8 nitrogen and oxygen atoms in total. The molecule has 4 rings (SSSR count). The van der Waals surface area contributed by atoms with E-state index < -0.39 is 11.9 Å². The van der Waals surface area contributed by atoms with Gasteiger partial charge in [-0.05, 0) is 79.1 Å². The Kier molecular flexibility index (Phi) is 7.15. The molecule has 36 heavy (non-hydrogen) atoms. The van der Waals surface area contributed by atoms with Gasteiger partial charge in [-0.1, -0.05) is 37.3 Å². The summed E-state index contributed by atoms with van der Waals surface area (Å²) in [6, 6.07) is 17.0. The van der Waals surface area contributed by atoms with Crippen molar-refractivity contribution in [3.63, 3.8) is 0 Å². The van der Waals surface area contributed by atoms with Crippen LogP contribution in [0.4, 0.5) is 11.4 Å². The highest BCUT2D eigenvalue weighted by molar-refractivity contribution is 6.67. The molecule has 5 N–H and O–H groups in total. The maximum absolute atomic E-state index is 13.0. The van der Waals surface area contributed by atoms with Crippen LogP contribution in [-0.4, -0.2) is 33.5 Å². The number of carboxylic acid groups (broad SMARTS) is 1. The lowest BCUT2D eigenvalue weighted by Gasteiger charge is -2.13. The van der Waals surface area contributed by atoms with Crippen LogP contribution >= 0.6 is 0 Å². The Labute approximate surface area is 209 Å². The van der Waals surface area contributed by atoms with E-state index in [1.165, 1.54) is 30.2 Å². The second-order valence-electron chi connectivity index (χ2n) is 8.80. The number of fused-ring (bicyclic) bond motifs is 1. The second kappa shape index (κ2) is 10.4. The zero-order valence-corrected chi connectivity index (χ0v) is 20.1. The van der Waals surface area contributed by atoms with E-state index >= 15 is 0 Å². The number of aromatic carboxylic acids is 1. The van der Waals surface area contributed by atoms with E-state index in [2.05, 4.69) is 22.8 Å². The number of carboxylic acids is 1. The number of nitrogens with one attached hydrogen (secondary N) is 3. The summed E-state index contributed by atoms with van der Waals surface area (Å²) in [5, 5.41) is 35.0. The molecule has 184 valence electrons. The summed E-state index contributed by atoms with van der Waals surface area (Å²) in [5.74, 6) is -1.27. The average Bonchev–Trinajstić information content (AvgIpc) is 3.27. The molecule has 8 heteroatoms. The van der Waals surface area contributed by atoms with Crippen LogP contribution in [0, 0.1) is 5.41 Å². The van der Waals surface area contributed by atoms with Crippen LogP contribution in [0.15, 0.2) is 65.8 Å². The number of aryl methyl sites for hydroxylation is 1. The molecule has 0 aromatic heterocycles. The molecule has 0 heterocycles. The highest BCUT2D eigenvalue weighted by atomic mass is 16.4. The van der Waals surface area contributed by atoms with Gasteiger partial charge in [-0.2, -0.15) is 5.10 Å². The minimum Gasteiger partial charge on any atom is -0.505 e. The summed E-state index contributed by atoms with van der Waals surface area (Å²) in [6.45, 7) is 3.62. The molecule has 1 amide bonds. The Morgan fingerprint density at radius 1 is 1.11 bits per heavy atom. The van der Waals surface area contributed by atoms with Gasteiger partial charge in [0.1, 0.15) is 5.75 Å². The number of phenolic OH excluding ortho intramolecular Hbond substituents is 1. The first-order chi connectivity index (χ1) is 17.3. The smallest absolute Gasteiger partial charge is 0.335 e. The molecule has 3 aromatic rings. The first-order valence-electron chi connectivity index (χ1n) is 11.8. The average molecular weight is 485 g/mol. The first-order valence-corrected chi connectivity index (χ1v) is 11.8. The molecule has 0 aliphatic heterocycles. The van der Waals surface area contributed by atoms with E-state index in [0.29, 0.717) is 22.7 Å². The molecule has 0 radical (unpaired) electrons. The number of phenols is 1. The Balaban J connectivity index is 1.56. The van der Waals surface area contributed by atoms with Crippen molar-refractivity contribution in [1.29, 1.82) is 5.41 Å². The first kappa shape index (κ1) is 24.7. The number of carbonyl (C=O) groups excluding carboxylic acids is 1. The number of benzene rings is 3. The Morgan fingerprint density at radius 2 is 1.89 bits per heavy atom. The van der Waals surface area contributed by atoms with E-state index in [-0.39, 0.29) is 28.4 Å². The molecule has 1 aliphatic carbocycles. The molecular formula is C28H28N4O4. The zero-order chi connectivity index (χ0) is 25.8. The number of rotatable bonds is 8. The lowest BCUT2D eigenvalue weighted by Crippen LogP contribution is -2.29. The predicted molar refractivity (Wildman–Crippen MR) is 141 cm³/mol. The normalized spacial score (nSPS) is 14.7. The second-order valence-corrected chi connectivity index (χ2v) is 8.80. The number of aromatic hydroxyl groups is 1. The minimum absolute atomic E-state index is 0.0441. The highest BCUT2D eigenvalue weighted by Gasteiger charge is 2.22. The SMILES string of the molecule is CCC1CCc2ccc(NC(=O)/C(=N\Nc3cccc(-c4cccc(C(=O)O)c4)c3O)C(C)=N)cc21. The van der Waals surface area contributed by atoms with Crippen LogP contribution in [0.25, 0.3) is 11.1 Å². The fourth-order valence-corrected chi connectivity index (χ4v) is 4.49. The van der Waals surface area contributed by atoms with Crippen LogP contribution in [0.3, 0.4) is 0 Å². The number of hydrogen-bond donors (Lipinski definition) is 5. The van der Waals surface area contributed by atoms with Gasteiger partial charge in [0.15, 0.2) is 5.71 Å². The van der Waals surface area contributed by atoms with Gasteiger partial charge in [0, 0.05) is 11.3 Å². The third kappa shape index (κ3) is 5.12. The Bertz CT molecular complexity index is 1380. The van der Waals surface area contributed by atoms with Gasteiger partial charge in [-0.3, -0.25) is 10.2 Å². The van der Waals surface area contributed by atoms with Crippen molar-refractivity contribution in [1.82, 2.24) is 0 Å². The van der Waals surface area contributed by atoms with Crippen molar-refractivity contribution in [2.24, 2.45) is 5.10 Å². The molecule has 0 saturated carbocycles. The van der Waals surface area contributed by atoms with Crippen LogP contribution in [0.5, 0.6) is 5.75 Å².